The molecule has 2 aromatic carbocycles. The number of aromatic nitrogens is 4. The molecule has 13 heteroatoms. The molecular weight excluding hydrogens is 581 g/mol. The lowest BCUT2D eigenvalue weighted by atomic mass is 10.1. The highest BCUT2D eigenvalue weighted by atomic mass is 35.5. The first kappa shape index (κ1) is 28.2. The molecule has 5 rings (SSSR count). The minimum atomic E-state index is -4.74. The van der Waals surface area contributed by atoms with Crippen LogP contribution in [0.4, 0.5) is 13.2 Å². The van der Waals surface area contributed by atoms with Crippen LogP contribution in [-0.4, -0.2) is 48.2 Å². The molecule has 8 nitrogen and oxygen atoms in total. The molecule has 0 spiro atoms. The summed E-state index contributed by atoms with van der Waals surface area (Å²) in [5.74, 6) is 1.41. The quantitative estimate of drug-likeness (QED) is 0.183. The van der Waals surface area contributed by atoms with Gasteiger partial charge in [-0.3, -0.25) is 0 Å². The van der Waals surface area contributed by atoms with Crippen molar-refractivity contribution in [2.75, 3.05) is 28.4 Å². The molecule has 3 aromatic heterocycles. The van der Waals surface area contributed by atoms with Crippen molar-refractivity contribution in [1.82, 2.24) is 19.7 Å². The maximum absolute atomic E-state index is 14.0. The lowest BCUT2D eigenvalue weighted by Gasteiger charge is -2.13. The van der Waals surface area contributed by atoms with E-state index in [1.54, 1.807) is 53.9 Å². The Hall–Kier alpha value is -4.29. The predicted octanol–water partition coefficient (Wildman–Crippen LogP) is 7.43. The third kappa shape index (κ3) is 5.40. The van der Waals surface area contributed by atoms with Crippen molar-refractivity contribution in [3.63, 3.8) is 0 Å². The van der Waals surface area contributed by atoms with Gasteiger partial charge in [0.25, 0.3) is 5.95 Å². The van der Waals surface area contributed by atoms with Crippen LogP contribution >= 0.6 is 22.9 Å². The fraction of sp³-hybridized carbons (Fsp3) is 0.179. The molecule has 212 valence electrons. The Labute approximate surface area is 241 Å². The fourth-order valence-electron chi connectivity index (χ4n) is 4.17. The zero-order valence-corrected chi connectivity index (χ0v) is 23.7. The zero-order chi connectivity index (χ0) is 29.3. The Kier molecular flexibility index (Phi) is 7.78. The minimum absolute atomic E-state index is 0.0925. The first-order valence-corrected chi connectivity index (χ1v) is 13.2. The average Bonchev–Trinajstić information content (AvgIpc) is 3.64. The smallest absolute Gasteiger partial charge is 0.433 e. The predicted molar refractivity (Wildman–Crippen MR) is 150 cm³/mol. The van der Waals surface area contributed by atoms with Crippen molar-refractivity contribution < 1.29 is 32.1 Å². The van der Waals surface area contributed by atoms with Crippen LogP contribution in [0, 0.1) is 0 Å². The molecule has 0 amide bonds. The van der Waals surface area contributed by atoms with Crippen LogP contribution in [0.3, 0.4) is 0 Å². The summed E-state index contributed by atoms with van der Waals surface area (Å²) in [5, 5.41) is 6.52. The lowest BCUT2D eigenvalue weighted by molar-refractivity contribution is -0.141. The van der Waals surface area contributed by atoms with Gasteiger partial charge in [-0.2, -0.15) is 23.0 Å². The monoisotopic (exact) mass is 602 g/mol. The highest BCUT2D eigenvalue weighted by molar-refractivity contribution is 7.13. The summed E-state index contributed by atoms with van der Waals surface area (Å²) in [7, 11) is 5.95. The molecule has 0 aliphatic rings. The molecule has 0 fully saturated rings. The second-order valence-electron chi connectivity index (χ2n) is 8.48. The number of nitrogens with zero attached hydrogens (tertiary/aromatic N) is 4. The van der Waals surface area contributed by atoms with E-state index in [-0.39, 0.29) is 28.1 Å². The first-order chi connectivity index (χ1) is 19.7. The molecular formula is C28H22ClF3N4O4S. The number of halogens is 4. The summed E-state index contributed by atoms with van der Waals surface area (Å²) in [6.07, 6.45) is -4.74. The molecule has 0 aliphatic carbocycles. The summed E-state index contributed by atoms with van der Waals surface area (Å²) in [6, 6.07) is 14.4. The highest BCUT2D eigenvalue weighted by Crippen LogP contribution is 2.43. The number of methoxy groups -OCH3 is 4. The standard InChI is InChI=1S/C28H22ClF3N4O4S/c1-37-18-9-7-15(12-20(18)39-3)25-24(29)26(16-8-10-19(38-2)21(13-16)40-4)36(35-25)27-33-17(22-6-5-11-41-22)14-23(34-27)28(30,31)32/h5-14H,1-4H3. The third-order valence-corrected chi connectivity index (χ3v) is 7.36. The number of hydrogen-bond donors (Lipinski definition) is 0. The highest BCUT2D eigenvalue weighted by Gasteiger charge is 2.35. The number of rotatable bonds is 8. The SMILES string of the molecule is COc1ccc(-c2nn(-c3nc(-c4cccs4)cc(C(F)(F)F)n3)c(-c3ccc(OC)c(OC)c3)c2Cl)cc1OC. The van der Waals surface area contributed by atoms with E-state index in [1.165, 1.54) is 44.5 Å². The second kappa shape index (κ2) is 11.3. The van der Waals surface area contributed by atoms with Crippen LogP contribution in [-0.2, 0) is 6.18 Å². The molecule has 0 unspecified atom stereocenters. The van der Waals surface area contributed by atoms with Crippen LogP contribution in [0.15, 0.2) is 60.0 Å². The largest absolute Gasteiger partial charge is 0.493 e. The number of ether oxygens (including phenoxy) is 4. The van der Waals surface area contributed by atoms with Gasteiger partial charge in [0.1, 0.15) is 5.69 Å². The van der Waals surface area contributed by atoms with E-state index in [2.05, 4.69) is 15.1 Å². The summed E-state index contributed by atoms with van der Waals surface area (Å²) < 4.78 is 64.8. The van der Waals surface area contributed by atoms with E-state index < -0.39 is 11.9 Å². The van der Waals surface area contributed by atoms with Gasteiger partial charge in [0.15, 0.2) is 28.7 Å². The first-order valence-electron chi connectivity index (χ1n) is 11.9. The Morgan fingerprint density at radius 2 is 1.39 bits per heavy atom. The van der Waals surface area contributed by atoms with E-state index in [0.29, 0.717) is 39.0 Å². The summed E-state index contributed by atoms with van der Waals surface area (Å²) in [6.45, 7) is 0. The zero-order valence-electron chi connectivity index (χ0n) is 22.1. The van der Waals surface area contributed by atoms with Gasteiger partial charge in [0, 0.05) is 11.1 Å². The van der Waals surface area contributed by atoms with Gasteiger partial charge in [-0.15, -0.1) is 11.3 Å². The second-order valence-corrected chi connectivity index (χ2v) is 9.80. The molecule has 0 saturated carbocycles. The van der Waals surface area contributed by atoms with Gasteiger partial charge in [-0.1, -0.05) is 17.7 Å². The molecule has 41 heavy (non-hydrogen) atoms. The Bertz CT molecular complexity index is 1710. The number of benzene rings is 2. The van der Waals surface area contributed by atoms with Crippen molar-refractivity contribution in [3.05, 3.63) is 70.7 Å². The van der Waals surface area contributed by atoms with E-state index in [1.807, 2.05) is 0 Å². The number of thiophene rings is 1. The van der Waals surface area contributed by atoms with Gasteiger partial charge >= 0.3 is 6.18 Å². The van der Waals surface area contributed by atoms with Crippen molar-refractivity contribution in [1.29, 1.82) is 0 Å². The van der Waals surface area contributed by atoms with Crippen LogP contribution < -0.4 is 18.9 Å². The topological polar surface area (TPSA) is 80.5 Å². The maximum Gasteiger partial charge on any atom is 0.433 e. The van der Waals surface area contributed by atoms with Gasteiger partial charge < -0.3 is 18.9 Å². The summed E-state index contributed by atoms with van der Waals surface area (Å²) in [4.78, 5) is 8.87. The Morgan fingerprint density at radius 1 is 0.780 bits per heavy atom. The molecule has 0 bridgehead atoms. The molecule has 0 aliphatic heterocycles. The van der Waals surface area contributed by atoms with E-state index in [0.717, 1.165) is 6.07 Å². The van der Waals surface area contributed by atoms with Gasteiger partial charge in [0.2, 0.25) is 0 Å². The van der Waals surface area contributed by atoms with Crippen LogP contribution in [0.5, 0.6) is 23.0 Å². The molecule has 3 heterocycles. The molecule has 5 aromatic rings. The fourth-order valence-corrected chi connectivity index (χ4v) is 5.19. The summed E-state index contributed by atoms with van der Waals surface area (Å²) >= 11 is 8.20. The van der Waals surface area contributed by atoms with Gasteiger partial charge in [-0.05, 0) is 53.9 Å². The maximum atomic E-state index is 14.0. The van der Waals surface area contributed by atoms with Crippen molar-refractivity contribution in [2.45, 2.75) is 6.18 Å². The Balaban J connectivity index is 1.81. The average molecular weight is 603 g/mol. The van der Waals surface area contributed by atoms with Crippen LogP contribution in [0.1, 0.15) is 5.69 Å². The van der Waals surface area contributed by atoms with E-state index in [9.17, 15) is 13.2 Å². The van der Waals surface area contributed by atoms with Crippen molar-refractivity contribution in [2.24, 2.45) is 0 Å². The molecule has 0 radical (unpaired) electrons. The van der Waals surface area contributed by atoms with Crippen molar-refractivity contribution in [3.8, 4) is 62.0 Å². The normalized spacial score (nSPS) is 11.4. The Morgan fingerprint density at radius 3 is 1.95 bits per heavy atom. The van der Waals surface area contributed by atoms with Crippen molar-refractivity contribution >= 4 is 22.9 Å². The van der Waals surface area contributed by atoms with Crippen LogP contribution in [0.25, 0.3) is 39.0 Å². The van der Waals surface area contributed by atoms with E-state index >= 15 is 0 Å². The number of hydrogen-bond acceptors (Lipinski definition) is 8. The lowest BCUT2D eigenvalue weighted by Crippen LogP contribution is -2.14. The molecule has 0 atom stereocenters. The summed E-state index contributed by atoms with van der Waals surface area (Å²) in [5.41, 5.74) is 0.479. The third-order valence-electron chi connectivity index (χ3n) is 6.11. The van der Waals surface area contributed by atoms with Crippen LogP contribution in [0.2, 0.25) is 5.02 Å². The van der Waals surface area contributed by atoms with Gasteiger partial charge in [0.05, 0.1) is 49.7 Å². The van der Waals surface area contributed by atoms with E-state index in [4.69, 9.17) is 30.5 Å². The van der Waals surface area contributed by atoms with Gasteiger partial charge in [-0.25, -0.2) is 9.97 Å². The minimum Gasteiger partial charge on any atom is -0.493 e. The molecule has 0 N–H and O–H groups in total. The molecule has 0 saturated heterocycles. The number of alkyl halides is 3.